The lowest BCUT2D eigenvalue weighted by Gasteiger charge is -2.27. The number of ketones is 1. The van der Waals surface area contributed by atoms with Gasteiger partial charge >= 0.3 is 0 Å². The van der Waals surface area contributed by atoms with Gasteiger partial charge in [-0.25, -0.2) is 0 Å². The van der Waals surface area contributed by atoms with Crippen molar-refractivity contribution in [2.24, 2.45) is 0 Å². The Kier molecular flexibility index (Phi) is 4.39. The second-order valence-electron chi connectivity index (χ2n) is 6.32. The van der Waals surface area contributed by atoms with Crippen LogP contribution in [0.2, 0.25) is 5.02 Å². The van der Waals surface area contributed by atoms with Crippen LogP contribution in [0.5, 0.6) is 5.75 Å². The first-order chi connectivity index (χ1) is 12.7. The zero-order valence-electron chi connectivity index (χ0n) is 14.4. The predicted molar refractivity (Wildman–Crippen MR) is 105 cm³/mol. The average molecular weight is 364 g/mol. The highest BCUT2D eigenvalue weighted by Crippen LogP contribution is 2.38. The van der Waals surface area contributed by atoms with Crippen molar-refractivity contribution >= 4 is 28.8 Å². The lowest BCUT2D eigenvalue weighted by atomic mass is 10.0. The molecule has 1 aliphatic heterocycles. The Bertz CT molecular complexity index is 966. The number of halogens is 1. The Morgan fingerprint density at radius 1 is 1.00 bits per heavy atom. The van der Waals surface area contributed by atoms with E-state index in [9.17, 15) is 4.79 Å². The molecule has 0 atom stereocenters. The molecule has 26 heavy (non-hydrogen) atoms. The van der Waals surface area contributed by atoms with E-state index in [1.165, 1.54) is 0 Å². The molecule has 0 amide bonds. The van der Waals surface area contributed by atoms with Gasteiger partial charge in [-0.1, -0.05) is 41.9 Å². The van der Waals surface area contributed by atoms with E-state index in [0.29, 0.717) is 23.6 Å². The number of Topliss-reactive ketones (excluding diaryl/α,β-unsaturated/α-hetero) is 1. The SMILES string of the molecule is COc1ccc(CN2c3ccccc3CC(=O)c3cc(Cl)ccc32)cc1. The van der Waals surface area contributed by atoms with Crippen LogP contribution in [0.3, 0.4) is 0 Å². The number of methoxy groups -OCH3 is 1. The Morgan fingerprint density at radius 2 is 1.77 bits per heavy atom. The molecule has 3 nitrogen and oxygen atoms in total. The molecule has 0 radical (unpaired) electrons. The number of carbonyl (C=O) groups is 1. The van der Waals surface area contributed by atoms with Gasteiger partial charge < -0.3 is 9.64 Å². The first-order valence-electron chi connectivity index (χ1n) is 8.47. The normalized spacial score (nSPS) is 13.0. The predicted octanol–water partition coefficient (Wildman–Crippen LogP) is 5.43. The maximum Gasteiger partial charge on any atom is 0.169 e. The third-order valence-corrected chi connectivity index (χ3v) is 4.92. The number of fused-ring (bicyclic) bond motifs is 2. The molecule has 0 spiro atoms. The molecule has 4 heteroatoms. The lowest BCUT2D eigenvalue weighted by molar-refractivity contribution is 0.0994. The molecular weight excluding hydrogens is 346 g/mol. The van der Waals surface area contributed by atoms with Gasteiger partial charge in [0.25, 0.3) is 0 Å². The number of rotatable bonds is 3. The summed E-state index contributed by atoms with van der Waals surface area (Å²) in [5.41, 5.74) is 4.77. The van der Waals surface area contributed by atoms with Gasteiger partial charge in [0.05, 0.1) is 12.8 Å². The van der Waals surface area contributed by atoms with E-state index < -0.39 is 0 Å². The molecule has 0 aromatic heterocycles. The molecule has 0 N–H and O–H groups in total. The summed E-state index contributed by atoms with van der Waals surface area (Å²) < 4.78 is 5.25. The van der Waals surface area contributed by atoms with Crippen molar-refractivity contribution in [2.45, 2.75) is 13.0 Å². The first kappa shape index (κ1) is 16.7. The number of ether oxygens (including phenoxy) is 1. The Balaban J connectivity index is 1.83. The van der Waals surface area contributed by atoms with Crippen LogP contribution in [-0.2, 0) is 13.0 Å². The molecule has 0 aliphatic carbocycles. The maximum atomic E-state index is 12.8. The van der Waals surface area contributed by atoms with Crippen LogP contribution >= 0.6 is 11.6 Å². The van der Waals surface area contributed by atoms with Crippen LogP contribution in [-0.4, -0.2) is 12.9 Å². The second kappa shape index (κ2) is 6.85. The maximum absolute atomic E-state index is 12.8. The number of hydrogen-bond acceptors (Lipinski definition) is 3. The highest BCUT2D eigenvalue weighted by Gasteiger charge is 2.25. The van der Waals surface area contributed by atoms with Crippen LogP contribution in [0.4, 0.5) is 11.4 Å². The summed E-state index contributed by atoms with van der Waals surface area (Å²) in [5, 5.41) is 0.576. The summed E-state index contributed by atoms with van der Waals surface area (Å²) in [7, 11) is 1.66. The van der Waals surface area contributed by atoms with Gasteiger partial charge in [-0.05, 0) is 47.5 Å². The molecule has 1 aliphatic rings. The number of benzene rings is 3. The van der Waals surface area contributed by atoms with E-state index in [1.54, 1.807) is 13.2 Å². The average Bonchev–Trinajstić information content (AvgIpc) is 2.77. The molecule has 3 aromatic rings. The van der Waals surface area contributed by atoms with Crippen LogP contribution in [0.1, 0.15) is 21.5 Å². The summed E-state index contributed by atoms with van der Waals surface area (Å²) in [4.78, 5) is 15.0. The number of hydrogen-bond donors (Lipinski definition) is 0. The Labute approximate surface area is 157 Å². The smallest absolute Gasteiger partial charge is 0.169 e. The largest absolute Gasteiger partial charge is 0.497 e. The highest BCUT2D eigenvalue weighted by molar-refractivity contribution is 6.31. The minimum atomic E-state index is 0.0900. The van der Waals surface area contributed by atoms with Crippen LogP contribution < -0.4 is 9.64 Å². The van der Waals surface area contributed by atoms with E-state index in [1.807, 2.05) is 54.6 Å². The monoisotopic (exact) mass is 363 g/mol. The fourth-order valence-corrected chi connectivity index (χ4v) is 3.54. The summed E-state index contributed by atoms with van der Waals surface area (Å²) >= 11 is 6.16. The van der Waals surface area contributed by atoms with E-state index in [4.69, 9.17) is 16.3 Å². The molecule has 3 aromatic carbocycles. The number of para-hydroxylation sites is 1. The second-order valence-corrected chi connectivity index (χ2v) is 6.76. The molecule has 0 unspecified atom stereocenters. The fraction of sp³-hybridized carbons (Fsp3) is 0.136. The number of carbonyl (C=O) groups excluding carboxylic acids is 1. The third kappa shape index (κ3) is 3.06. The van der Waals surface area contributed by atoms with Gasteiger partial charge in [-0.3, -0.25) is 4.79 Å². The zero-order chi connectivity index (χ0) is 18.1. The number of anilines is 2. The standard InChI is InChI=1S/C22H18ClNO2/c1-26-18-9-6-15(7-10-18)14-24-20-5-3-2-4-16(20)12-22(25)19-13-17(23)8-11-21(19)24/h2-11,13H,12,14H2,1H3. The first-order valence-corrected chi connectivity index (χ1v) is 8.84. The summed E-state index contributed by atoms with van der Waals surface area (Å²) in [6, 6.07) is 21.6. The molecule has 130 valence electrons. The quantitative estimate of drug-likeness (QED) is 0.621. The van der Waals surface area contributed by atoms with Gasteiger partial charge in [0.1, 0.15) is 5.75 Å². The topological polar surface area (TPSA) is 29.5 Å². The van der Waals surface area contributed by atoms with Crippen LogP contribution in [0.25, 0.3) is 0 Å². The molecule has 1 heterocycles. The van der Waals surface area contributed by atoms with E-state index in [0.717, 1.165) is 28.3 Å². The van der Waals surface area contributed by atoms with Crippen molar-refractivity contribution in [2.75, 3.05) is 12.0 Å². The van der Waals surface area contributed by atoms with Crippen molar-refractivity contribution in [3.05, 3.63) is 88.4 Å². The molecular formula is C22H18ClNO2. The van der Waals surface area contributed by atoms with Crippen LogP contribution in [0.15, 0.2) is 66.7 Å². The molecule has 0 saturated heterocycles. The van der Waals surface area contributed by atoms with E-state index in [2.05, 4.69) is 11.0 Å². The third-order valence-electron chi connectivity index (χ3n) is 4.68. The van der Waals surface area contributed by atoms with Crippen molar-refractivity contribution in [3.8, 4) is 5.75 Å². The summed E-state index contributed by atoms with van der Waals surface area (Å²) in [5.74, 6) is 0.916. The molecule has 0 saturated carbocycles. The van der Waals surface area contributed by atoms with Gasteiger partial charge in [-0.2, -0.15) is 0 Å². The van der Waals surface area contributed by atoms with Crippen molar-refractivity contribution in [1.82, 2.24) is 0 Å². The Hall–Kier alpha value is -2.78. The van der Waals surface area contributed by atoms with Gasteiger partial charge in [0.15, 0.2) is 5.78 Å². The molecule has 0 bridgehead atoms. The van der Waals surface area contributed by atoms with E-state index in [-0.39, 0.29) is 5.78 Å². The summed E-state index contributed by atoms with van der Waals surface area (Å²) in [6.07, 6.45) is 0.378. The minimum absolute atomic E-state index is 0.0900. The van der Waals surface area contributed by atoms with Gasteiger partial charge in [0.2, 0.25) is 0 Å². The molecule has 4 rings (SSSR count). The minimum Gasteiger partial charge on any atom is -0.497 e. The highest BCUT2D eigenvalue weighted by atomic mass is 35.5. The fourth-order valence-electron chi connectivity index (χ4n) is 3.37. The van der Waals surface area contributed by atoms with Gasteiger partial charge in [-0.15, -0.1) is 0 Å². The zero-order valence-corrected chi connectivity index (χ0v) is 15.2. The Morgan fingerprint density at radius 3 is 2.54 bits per heavy atom. The van der Waals surface area contributed by atoms with E-state index >= 15 is 0 Å². The van der Waals surface area contributed by atoms with Gasteiger partial charge in [0, 0.05) is 29.2 Å². The van der Waals surface area contributed by atoms with Crippen LogP contribution in [0, 0.1) is 0 Å². The van der Waals surface area contributed by atoms with Crippen molar-refractivity contribution < 1.29 is 9.53 Å². The number of nitrogens with zero attached hydrogens (tertiary/aromatic N) is 1. The lowest BCUT2D eigenvalue weighted by Crippen LogP contribution is -2.18. The molecule has 0 fully saturated rings. The van der Waals surface area contributed by atoms with Crippen molar-refractivity contribution in [1.29, 1.82) is 0 Å². The summed E-state index contributed by atoms with van der Waals surface area (Å²) in [6.45, 7) is 0.656. The van der Waals surface area contributed by atoms with Crippen molar-refractivity contribution in [3.63, 3.8) is 0 Å².